The molecule has 220 valence electrons. The van der Waals surface area contributed by atoms with Gasteiger partial charge in [-0.2, -0.15) is 0 Å². The van der Waals surface area contributed by atoms with E-state index in [4.69, 9.17) is 11.6 Å². The number of aromatic nitrogens is 3. The molecule has 0 fully saturated rings. The number of aromatic amines is 2. The quantitative estimate of drug-likeness (QED) is 0.326. The van der Waals surface area contributed by atoms with E-state index in [-0.39, 0.29) is 5.92 Å². The molecular formula is C37H47N5. The van der Waals surface area contributed by atoms with Gasteiger partial charge in [0.2, 0.25) is 5.70 Å². The Hall–Kier alpha value is -3.78. The molecule has 2 aliphatic heterocycles. The minimum absolute atomic E-state index is 0.149. The Morgan fingerprint density at radius 2 is 1.45 bits per heavy atom. The molecule has 0 radical (unpaired) electrons. The van der Waals surface area contributed by atoms with E-state index in [1.807, 2.05) is 0 Å². The van der Waals surface area contributed by atoms with Crippen LogP contribution in [0.25, 0.3) is 28.3 Å². The summed E-state index contributed by atoms with van der Waals surface area (Å²) in [5, 5.41) is 4.67. The molecule has 0 saturated heterocycles. The van der Waals surface area contributed by atoms with Gasteiger partial charge < -0.3 is 14.5 Å². The Morgan fingerprint density at radius 3 is 2.00 bits per heavy atom. The summed E-state index contributed by atoms with van der Waals surface area (Å²) in [5.74, 6) is 0.149. The Kier molecular flexibility index (Phi) is 8.64. The summed E-state index contributed by atoms with van der Waals surface area (Å²) in [4.78, 5) is 17.4. The fraction of sp³-hybridized carbons (Fsp3) is 0.459. The average molecular weight is 562 g/mol. The summed E-state index contributed by atoms with van der Waals surface area (Å²) in [5.41, 5.74) is 13.0. The summed E-state index contributed by atoms with van der Waals surface area (Å²) in [7, 11) is 0. The molecule has 0 aromatic carbocycles. The molecule has 5 heterocycles. The van der Waals surface area contributed by atoms with Crippen molar-refractivity contribution in [1.82, 2.24) is 14.5 Å². The third-order valence-electron chi connectivity index (χ3n) is 9.42. The van der Waals surface area contributed by atoms with Gasteiger partial charge in [-0.1, -0.05) is 48.5 Å². The van der Waals surface area contributed by atoms with Crippen molar-refractivity contribution < 1.29 is 0 Å². The minimum Gasteiger partial charge on any atom is -0.355 e. The van der Waals surface area contributed by atoms with Crippen LogP contribution in [-0.4, -0.2) is 20.2 Å². The van der Waals surface area contributed by atoms with Gasteiger partial charge in [-0.25, -0.2) is 4.85 Å². The van der Waals surface area contributed by atoms with Crippen molar-refractivity contribution in [2.24, 2.45) is 10.9 Å². The van der Waals surface area contributed by atoms with Crippen LogP contribution < -0.4 is 21.4 Å². The van der Waals surface area contributed by atoms with E-state index in [0.717, 1.165) is 85.3 Å². The number of rotatable bonds is 8. The Balaban J connectivity index is 2.07. The maximum absolute atomic E-state index is 8.58. The van der Waals surface area contributed by atoms with E-state index in [1.54, 1.807) is 0 Å². The van der Waals surface area contributed by atoms with Gasteiger partial charge in [0, 0.05) is 45.5 Å². The predicted molar refractivity (Wildman–Crippen MR) is 177 cm³/mol. The number of allylic oxidation sites excluding steroid dienone is 2. The Morgan fingerprint density at radius 1 is 0.786 bits per heavy atom. The van der Waals surface area contributed by atoms with Crippen LogP contribution in [0, 0.1) is 12.5 Å². The number of H-pyrrole nitrogens is 2. The number of aliphatic imine (C=N–C) groups is 1. The van der Waals surface area contributed by atoms with Gasteiger partial charge in [0.1, 0.15) is 0 Å². The summed E-state index contributed by atoms with van der Waals surface area (Å²) in [6.45, 7) is 27.3. The van der Waals surface area contributed by atoms with Crippen molar-refractivity contribution >= 4 is 29.1 Å². The van der Waals surface area contributed by atoms with Gasteiger partial charge in [-0.3, -0.25) is 4.99 Å². The first-order valence-corrected chi connectivity index (χ1v) is 16.2. The maximum Gasteiger partial charge on any atom is 0.232 e. The smallest absolute Gasteiger partial charge is 0.232 e. The predicted octanol–water partition coefficient (Wildman–Crippen LogP) is 5.82. The number of hydrogen-bond acceptors (Lipinski definition) is 1. The lowest BCUT2D eigenvalue weighted by Gasteiger charge is -2.16. The average Bonchev–Trinajstić information content (AvgIpc) is 3.76. The van der Waals surface area contributed by atoms with Gasteiger partial charge in [0.15, 0.2) is 0 Å². The molecule has 2 N–H and O–H groups in total. The van der Waals surface area contributed by atoms with Gasteiger partial charge >= 0.3 is 0 Å². The number of fused-ring (bicyclic) bond motifs is 7. The van der Waals surface area contributed by atoms with Gasteiger partial charge in [0.25, 0.3) is 0 Å². The number of nitrogens with one attached hydrogen (secondary N) is 2. The standard InChI is InChI=1S/C37H47N5/c1-10-24-26(12-3)33-30(16-7)34-27(13-4)28(14-5)35(41-34)36(38-9)37-29(15-6)25(11-2)32(42(37)17-8)21-23-19-18-22(39-23)20-31(24)40-33/h18-21,28,39-40H,10-17H2,1-8H3. The number of hydrogen-bond donors (Lipinski definition) is 2. The molecule has 0 aliphatic carbocycles. The highest BCUT2D eigenvalue weighted by atomic mass is 15.0. The lowest BCUT2D eigenvalue weighted by Crippen LogP contribution is -2.31. The van der Waals surface area contributed by atoms with Crippen molar-refractivity contribution in [3.05, 3.63) is 89.9 Å². The highest BCUT2D eigenvalue weighted by Gasteiger charge is 2.33. The van der Waals surface area contributed by atoms with Crippen LogP contribution in [0.15, 0.2) is 28.4 Å². The molecule has 5 nitrogen and oxygen atoms in total. The van der Waals surface area contributed by atoms with Crippen molar-refractivity contribution in [2.45, 2.75) is 107 Å². The molecule has 5 heteroatoms. The molecular weight excluding hydrogens is 514 g/mol. The fourth-order valence-corrected chi connectivity index (χ4v) is 7.59. The summed E-state index contributed by atoms with van der Waals surface area (Å²) < 4.78 is 2.38. The monoisotopic (exact) mass is 561 g/mol. The van der Waals surface area contributed by atoms with Gasteiger partial charge in [-0.05, 0) is 104 Å². The van der Waals surface area contributed by atoms with Gasteiger partial charge in [-0.15, -0.1) is 0 Å². The number of nitrogens with zero attached hydrogens (tertiary/aromatic N) is 3. The molecule has 3 aromatic rings. The van der Waals surface area contributed by atoms with Crippen molar-refractivity contribution in [2.75, 3.05) is 0 Å². The summed E-state index contributed by atoms with van der Waals surface area (Å²) in [6, 6.07) is 4.36. The lowest BCUT2D eigenvalue weighted by atomic mass is 9.87. The van der Waals surface area contributed by atoms with E-state index in [0.29, 0.717) is 0 Å². The topological polar surface area (TPSA) is 53.2 Å². The van der Waals surface area contributed by atoms with E-state index >= 15 is 0 Å². The molecule has 1 unspecified atom stereocenters. The molecule has 2 aliphatic rings. The molecule has 1 atom stereocenters. The van der Waals surface area contributed by atoms with E-state index in [1.165, 1.54) is 49.4 Å². The van der Waals surface area contributed by atoms with Crippen molar-refractivity contribution in [3.8, 4) is 0 Å². The van der Waals surface area contributed by atoms with Crippen molar-refractivity contribution in [3.63, 3.8) is 0 Å². The molecule has 3 aromatic heterocycles. The second kappa shape index (κ2) is 12.2. The minimum atomic E-state index is 0.149. The maximum atomic E-state index is 8.58. The molecule has 5 rings (SSSR count). The largest absolute Gasteiger partial charge is 0.355 e. The second-order valence-electron chi connectivity index (χ2n) is 11.4. The summed E-state index contributed by atoms with van der Waals surface area (Å²) >= 11 is 0. The van der Waals surface area contributed by atoms with E-state index in [9.17, 15) is 0 Å². The second-order valence-corrected chi connectivity index (χ2v) is 11.4. The molecule has 8 bridgehead atoms. The van der Waals surface area contributed by atoms with Gasteiger partial charge in [0.05, 0.1) is 23.3 Å². The van der Waals surface area contributed by atoms with Crippen LogP contribution in [0.4, 0.5) is 0 Å². The first-order chi connectivity index (χ1) is 20.4. The van der Waals surface area contributed by atoms with Crippen LogP contribution >= 0.6 is 0 Å². The van der Waals surface area contributed by atoms with Crippen molar-refractivity contribution in [1.29, 1.82) is 0 Å². The molecule has 0 saturated carbocycles. The zero-order valence-electron chi connectivity index (χ0n) is 26.9. The molecule has 0 amide bonds. The van der Waals surface area contributed by atoms with Crippen LogP contribution in [0.2, 0.25) is 0 Å². The van der Waals surface area contributed by atoms with E-state index < -0.39 is 0 Å². The lowest BCUT2D eigenvalue weighted by molar-refractivity contribution is 0.714. The van der Waals surface area contributed by atoms with E-state index in [2.05, 4.69) is 99.1 Å². The third-order valence-corrected chi connectivity index (χ3v) is 9.42. The molecule has 42 heavy (non-hydrogen) atoms. The Labute approximate surface area is 251 Å². The SMILES string of the molecule is [C-]#[N+]C1=c2c(CC)c(CC)c(n2CC)=Cc2ccc([nH]2)C=c2[nH]c(c(CC)c2CC)=C(CC)C2=C(CC)C(CC)C1=N2. The zero-order valence-corrected chi connectivity index (χ0v) is 26.9. The summed E-state index contributed by atoms with van der Waals surface area (Å²) in [6.07, 6.45) is 11.0. The third kappa shape index (κ3) is 4.56. The van der Waals surface area contributed by atoms with Crippen LogP contribution in [0.5, 0.6) is 0 Å². The zero-order chi connectivity index (χ0) is 30.1. The fourth-order valence-electron chi connectivity index (χ4n) is 7.59. The first-order valence-electron chi connectivity index (χ1n) is 16.2. The van der Waals surface area contributed by atoms with Crippen LogP contribution in [0.3, 0.4) is 0 Å². The Bertz CT molecular complexity index is 1870. The normalized spacial score (nSPS) is 16.5. The first kappa shape index (κ1) is 29.7. The highest BCUT2D eigenvalue weighted by Crippen LogP contribution is 2.38. The molecule has 0 spiro atoms. The van der Waals surface area contributed by atoms with Crippen LogP contribution in [0.1, 0.15) is 108 Å². The highest BCUT2D eigenvalue weighted by molar-refractivity contribution is 6.24. The van der Waals surface area contributed by atoms with Crippen LogP contribution in [-0.2, 0) is 32.2 Å².